The quantitative estimate of drug-likeness (QED) is 0.308. The van der Waals surface area contributed by atoms with Gasteiger partial charge in [0, 0.05) is 11.1 Å². The molecule has 2 saturated carbocycles. The smallest absolute Gasteiger partial charge is 0.120 e. The molecule has 180 valence electrons. The molecule has 2 fully saturated rings. The van der Waals surface area contributed by atoms with Crippen LogP contribution in [-0.2, 0) is 0 Å². The van der Waals surface area contributed by atoms with Gasteiger partial charge in [0.15, 0.2) is 0 Å². The molecule has 5 rings (SSSR count). The Hall–Kier alpha value is -1.91. The van der Waals surface area contributed by atoms with E-state index >= 15 is 0 Å². The molecular weight excluding hydrogens is 408 g/mol. The number of hydrogen-bond donors (Lipinski definition) is 2. The van der Waals surface area contributed by atoms with Crippen molar-refractivity contribution in [2.75, 3.05) is 11.6 Å². The Balaban J connectivity index is 0.00000126. The van der Waals surface area contributed by atoms with Gasteiger partial charge in [0.2, 0.25) is 0 Å². The maximum absolute atomic E-state index is 10.4. The van der Waals surface area contributed by atoms with Crippen molar-refractivity contribution in [2.45, 2.75) is 78.7 Å². The summed E-state index contributed by atoms with van der Waals surface area (Å²) in [6.45, 7) is 12.6. The fourth-order valence-electron chi connectivity index (χ4n) is 7.71. The topological polar surface area (TPSA) is 56.1 Å². The number of hydrogen-bond acceptors (Lipinski definition) is 4. The van der Waals surface area contributed by atoms with Crippen LogP contribution in [0, 0.1) is 28.6 Å². The molecule has 4 heteroatoms. The number of rotatable bonds is 4. The molecule has 1 aromatic rings. The lowest BCUT2D eigenvalue weighted by atomic mass is 9.47. The van der Waals surface area contributed by atoms with E-state index in [1.54, 1.807) is 0 Å². The van der Waals surface area contributed by atoms with Gasteiger partial charge in [-0.2, -0.15) is 0 Å². The number of aliphatic hydroxyl groups is 2. The lowest BCUT2D eigenvalue weighted by Gasteiger charge is -2.58. The van der Waals surface area contributed by atoms with Crippen LogP contribution in [0.4, 0.5) is 11.4 Å². The fraction of sp³-hybridized carbons (Fsp3) is 0.621. The zero-order valence-corrected chi connectivity index (χ0v) is 20.9. The molecule has 0 spiro atoms. The molecular formula is C29H42N2O2. The number of anilines is 1. The lowest BCUT2D eigenvalue weighted by Crippen LogP contribution is -2.51. The Morgan fingerprint density at radius 1 is 1.03 bits per heavy atom. The van der Waals surface area contributed by atoms with Crippen molar-refractivity contribution in [3.8, 4) is 0 Å². The molecule has 6 atom stereocenters. The summed E-state index contributed by atoms with van der Waals surface area (Å²) in [4.78, 5) is 6.27. The second kappa shape index (κ2) is 9.38. The zero-order chi connectivity index (χ0) is 23.8. The number of fused-ring (bicyclic) bond motifs is 5. The lowest BCUT2D eigenvalue weighted by molar-refractivity contribution is -0.0303. The Bertz CT molecular complexity index is 937. The first-order chi connectivity index (χ1) is 15.9. The highest BCUT2D eigenvalue weighted by Gasteiger charge is 2.57. The maximum atomic E-state index is 10.4. The molecule has 0 aliphatic heterocycles. The highest BCUT2D eigenvalue weighted by molar-refractivity contribution is 5.71. The third kappa shape index (κ3) is 3.80. The molecule has 0 amide bonds. The Labute approximate surface area is 200 Å². The standard InChI is InChI=1S/C27H36N2O2.C2H6/c1-26-14-12-19(31)16-18(26)8-9-20-21-10-11-25(27(21,2)15-13-22(20)26)29(17-30)24-7-5-4-6-23(24)28-3;1-2/h4-8,11,19-22,30-31H,3,9-10,12-17H2,1-2H3;1-2H3. The molecule has 0 heterocycles. The van der Waals surface area contributed by atoms with Gasteiger partial charge in [-0.05, 0) is 87.0 Å². The SMILES string of the molecule is C=Nc1ccccc1N(CO)C1=CCC2C3CC=C4CC(O)CCC4(C)C3CCC12C.CC. The van der Waals surface area contributed by atoms with E-state index in [2.05, 4.69) is 42.6 Å². The van der Waals surface area contributed by atoms with E-state index in [-0.39, 0.29) is 23.7 Å². The highest BCUT2D eigenvalue weighted by Crippen LogP contribution is 2.65. The summed E-state index contributed by atoms with van der Waals surface area (Å²) in [5, 5.41) is 20.6. The number of nitrogens with zero attached hydrogens (tertiary/aromatic N) is 2. The van der Waals surface area contributed by atoms with Gasteiger partial charge in [0.25, 0.3) is 0 Å². The second-order valence-electron chi connectivity index (χ2n) is 10.7. The van der Waals surface area contributed by atoms with Gasteiger partial charge in [-0.1, -0.05) is 57.6 Å². The van der Waals surface area contributed by atoms with Crippen LogP contribution >= 0.6 is 0 Å². The van der Waals surface area contributed by atoms with Crippen LogP contribution in [0.25, 0.3) is 0 Å². The number of para-hydroxylation sites is 2. The number of aliphatic imine (C=N–C) groups is 1. The maximum Gasteiger partial charge on any atom is 0.120 e. The monoisotopic (exact) mass is 450 g/mol. The third-order valence-electron chi connectivity index (χ3n) is 9.39. The predicted molar refractivity (Wildman–Crippen MR) is 138 cm³/mol. The van der Waals surface area contributed by atoms with E-state index in [9.17, 15) is 10.2 Å². The van der Waals surface area contributed by atoms with Crippen LogP contribution in [0.1, 0.15) is 72.6 Å². The summed E-state index contributed by atoms with van der Waals surface area (Å²) >= 11 is 0. The van der Waals surface area contributed by atoms with Crippen LogP contribution in [-0.4, -0.2) is 29.8 Å². The van der Waals surface area contributed by atoms with E-state index in [1.807, 2.05) is 38.1 Å². The fourth-order valence-corrected chi connectivity index (χ4v) is 7.71. The summed E-state index contributed by atoms with van der Waals surface area (Å²) in [7, 11) is 0. The van der Waals surface area contributed by atoms with Crippen LogP contribution in [0.2, 0.25) is 0 Å². The second-order valence-corrected chi connectivity index (χ2v) is 10.7. The summed E-state index contributed by atoms with van der Waals surface area (Å²) in [6, 6.07) is 7.97. The zero-order valence-electron chi connectivity index (χ0n) is 20.9. The van der Waals surface area contributed by atoms with Gasteiger partial charge in [0.05, 0.1) is 17.5 Å². The van der Waals surface area contributed by atoms with Gasteiger partial charge < -0.3 is 15.1 Å². The number of benzene rings is 1. The first-order valence-electron chi connectivity index (χ1n) is 12.9. The van der Waals surface area contributed by atoms with Crippen LogP contribution < -0.4 is 4.90 Å². The molecule has 0 bridgehead atoms. The van der Waals surface area contributed by atoms with Crippen molar-refractivity contribution in [1.29, 1.82) is 0 Å². The van der Waals surface area contributed by atoms with E-state index in [0.29, 0.717) is 17.8 Å². The van der Waals surface area contributed by atoms with E-state index in [1.165, 1.54) is 17.7 Å². The summed E-state index contributed by atoms with van der Waals surface area (Å²) in [6.07, 6.45) is 12.2. The Kier molecular flexibility index (Phi) is 6.89. The number of allylic oxidation sites excluding steroid dienone is 3. The van der Waals surface area contributed by atoms with Crippen molar-refractivity contribution in [1.82, 2.24) is 0 Å². The largest absolute Gasteiger partial charge is 0.393 e. The molecule has 2 N–H and O–H groups in total. The van der Waals surface area contributed by atoms with Crippen LogP contribution in [0.3, 0.4) is 0 Å². The molecule has 0 saturated heterocycles. The average molecular weight is 451 g/mol. The van der Waals surface area contributed by atoms with Gasteiger partial charge in [0.1, 0.15) is 6.73 Å². The molecule has 33 heavy (non-hydrogen) atoms. The van der Waals surface area contributed by atoms with Gasteiger partial charge in [-0.3, -0.25) is 4.99 Å². The van der Waals surface area contributed by atoms with Crippen molar-refractivity contribution in [3.05, 3.63) is 47.7 Å². The van der Waals surface area contributed by atoms with E-state index in [0.717, 1.165) is 49.9 Å². The van der Waals surface area contributed by atoms with Gasteiger partial charge >= 0.3 is 0 Å². The molecule has 6 unspecified atom stereocenters. The minimum Gasteiger partial charge on any atom is -0.393 e. The molecule has 0 aromatic heterocycles. The van der Waals surface area contributed by atoms with Crippen molar-refractivity contribution >= 4 is 18.1 Å². The van der Waals surface area contributed by atoms with E-state index in [4.69, 9.17) is 0 Å². The Morgan fingerprint density at radius 3 is 2.48 bits per heavy atom. The average Bonchev–Trinajstić information content (AvgIpc) is 3.19. The molecule has 0 radical (unpaired) electrons. The normalized spacial score (nSPS) is 36.8. The predicted octanol–water partition coefficient (Wildman–Crippen LogP) is 6.62. The van der Waals surface area contributed by atoms with Gasteiger partial charge in [-0.25, -0.2) is 0 Å². The van der Waals surface area contributed by atoms with Gasteiger partial charge in [-0.15, -0.1) is 0 Å². The summed E-state index contributed by atoms with van der Waals surface area (Å²) in [5.41, 5.74) is 4.85. The van der Waals surface area contributed by atoms with Crippen molar-refractivity contribution in [2.24, 2.45) is 33.6 Å². The highest BCUT2D eigenvalue weighted by atomic mass is 16.3. The minimum atomic E-state index is -0.152. The summed E-state index contributed by atoms with van der Waals surface area (Å²) in [5.74, 6) is 1.97. The first kappa shape index (κ1) is 24.2. The van der Waals surface area contributed by atoms with Crippen LogP contribution in [0.15, 0.2) is 52.7 Å². The summed E-state index contributed by atoms with van der Waals surface area (Å²) < 4.78 is 0. The van der Waals surface area contributed by atoms with Crippen LogP contribution in [0.5, 0.6) is 0 Å². The van der Waals surface area contributed by atoms with E-state index < -0.39 is 0 Å². The molecule has 4 aliphatic rings. The molecule has 1 aromatic carbocycles. The Morgan fingerprint density at radius 2 is 1.76 bits per heavy atom. The number of aliphatic hydroxyl groups excluding tert-OH is 2. The third-order valence-corrected chi connectivity index (χ3v) is 9.39. The first-order valence-corrected chi connectivity index (χ1v) is 12.9. The van der Waals surface area contributed by atoms with Crippen molar-refractivity contribution in [3.63, 3.8) is 0 Å². The van der Waals surface area contributed by atoms with Crippen molar-refractivity contribution < 1.29 is 10.2 Å². The molecule has 4 aliphatic carbocycles. The molecule has 4 nitrogen and oxygen atoms in total. The minimum absolute atomic E-state index is 0.0472.